The van der Waals surface area contributed by atoms with E-state index in [-0.39, 0.29) is 24.4 Å². The molecule has 1 atom stereocenters. The van der Waals surface area contributed by atoms with Crippen LogP contribution in [0.4, 0.5) is 5.13 Å². The number of hydrogen-bond donors (Lipinski definition) is 1. The molecule has 1 aliphatic heterocycles. The van der Waals surface area contributed by atoms with Crippen LogP contribution in [0.25, 0.3) is 0 Å². The van der Waals surface area contributed by atoms with E-state index in [0.29, 0.717) is 17.2 Å². The fraction of sp³-hybridized carbons (Fsp3) is 0.615. The largest absolute Gasteiger partial charge is 0.469 e. The molecule has 7 heteroatoms. The van der Waals surface area contributed by atoms with E-state index in [4.69, 9.17) is 4.74 Å². The number of thiazole rings is 1. The minimum Gasteiger partial charge on any atom is -0.469 e. The van der Waals surface area contributed by atoms with Crippen LogP contribution in [-0.2, 0) is 25.5 Å². The summed E-state index contributed by atoms with van der Waals surface area (Å²) in [6.07, 6.45) is 3.62. The van der Waals surface area contributed by atoms with Gasteiger partial charge in [-0.15, -0.1) is 11.3 Å². The summed E-state index contributed by atoms with van der Waals surface area (Å²) in [5.41, 5.74) is 0.608. The lowest BCUT2D eigenvalue weighted by atomic mass is 10.1. The number of aromatic nitrogens is 1. The Kier molecular flexibility index (Phi) is 5.49. The van der Waals surface area contributed by atoms with Gasteiger partial charge in [-0.05, 0) is 19.3 Å². The van der Waals surface area contributed by atoms with Crippen molar-refractivity contribution in [3.63, 3.8) is 0 Å². The van der Waals surface area contributed by atoms with Crippen LogP contribution >= 0.6 is 11.3 Å². The summed E-state index contributed by atoms with van der Waals surface area (Å²) >= 11 is 1.31. The van der Waals surface area contributed by atoms with Crippen molar-refractivity contribution in [1.29, 1.82) is 0 Å². The number of rotatable bonds is 6. The van der Waals surface area contributed by atoms with Crippen molar-refractivity contribution in [2.45, 2.75) is 38.2 Å². The third-order valence-corrected chi connectivity index (χ3v) is 3.88. The number of carbonyl (C=O) groups is 2. The van der Waals surface area contributed by atoms with Gasteiger partial charge >= 0.3 is 5.97 Å². The fourth-order valence-electron chi connectivity index (χ4n) is 2.01. The lowest BCUT2D eigenvalue weighted by molar-refractivity contribution is -0.139. The molecule has 20 heavy (non-hydrogen) atoms. The number of esters is 1. The minimum atomic E-state index is -0.341. The summed E-state index contributed by atoms with van der Waals surface area (Å²) in [5.74, 6) is -0.411. The summed E-state index contributed by atoms with van der Waals surface area (Å²) in [6, 6.07) is 0. The quantitative estimate of drug-likeness (QED) is 0.810. The highest BCUT2D eigenvalue weighted by atomic mass is 32.1. The van der Waals surface area contributed by atoms with Crippen LogP contribution in [0.5, 0.6) is 0 Å². The van der Waals surface area contributed by atoms with E-state index in [1.54, 1.807) is 5.38 Å². The van der Waals surface area contributed by atoms with E-state index in [1.807, 2.05) is 0 Å². The normalized spacial score (nSPS) is 17.9. The molecule has 6 nitrogen and oxygen atoms in total. The molecule has 0 aliphatic carbocycles. The van der Waals surface area contributed by atoms with E-state index >= 15 is 0 Å². The Morgan fingerprint density at radius 2 is 2.45 bits per heavy atom. The molecular formula is C13H18N2O4S. The molecule has 1 amide bonds. The first-order valence-corrected chi connectivity index (χ1v) is 7.48. The molecule has 110 valence electrons. The standard InChI is InChI=1S/C13H18N2O4S/c1-18-12(17)7-9-8-20-13(14-9)15-11(16)5-4-10-3-2-6-19-10/h8,10H,2-7H2,1H3,(H,14,15,16). The van der Waals surface area contributed by atoms with E-state index in [9.17, 15) is 9.59 Å². The Labute approximate surface area is 121 Å². The highest BCUT2D eigenvalue weighted by Gasteiger charge is 2.17. The maximum absolute atomic E-state index is 11.8. The van der Waals surface area contributed by atoms with Crippen molar-refractivity contribution < 1.29 is 19.1 Å². The molecule has 1 N–H and O–H groups in total. The first kappa shape index (κ1) is 14.9. The summed E-state index contributed by atoms with van der Waals surface area (Å²) in [4.78, 5) is 27.0. The zero-order chi connectivity index (χ0) is 14.4. The topological polar surface area (TPSA) is 77.5 Å². The number of anilines is 1. The van der Waals surface area contributed by atoms with Gasteiger partial charge in [-0.1, -0.05) is 0 Å². The molecule has 1 unspecified atom stereocenters. The maximum Gasteiger partial charge on any atom is 0.311 e. The molecule has 1 fully saturated rings. The Morgan fingerprint density at radius 1 is 1.60 bits per heavy atom. The van der Waals surface area contributed by atoms with Crippen molar-refractivity contribution >= 4 is 28.3 Å². The van der Waals surface area contributed by atoms with Gasteiger partial charge < -0.3 is 14.8 Å². The van der Waals surface area contributed by atoms with Crippen LogP contribution in [0, 0.1) is 0 Å². The monoisotopic (exact) mass is 298 g/mol. The van der Waals surface area contributed by atoms with Gasteiger partial charge in [-0.25, -0.2) is 4.98 Å². The maximum atomic E-state index is 11.8. The first-order valence-electron chi connectivity index (χ1n) is 6.60. The third kappa shape index (κ3) is 4.57. The highest BCUT2D eigenvalue weighted by molar-refractivity contribution is 7.13. The Balaban J connectivity index is 1.74. The summed E-state index contributed by atoms with van der Waals surface area (Å²) < 4.78 is 10.0. The molecule has 1 aliphatic rings. The van der Waals surface area contributed by atoms with Crippen LogP contribution in [0.3, 0.4) is 0 Å². The van der Waals surface area contributed by atoms with Crippen molar-refractivity contribution in [2.24, 2.45) is 0 Å². The van der Waals surface area contributed by atoms with E-state index < -0.39 is 0 Å². The van der Waals surface area contributed by atoms with Crippen molar-refractivity contribution in [3.8, 4) is 0 Å². The molecule has 0 radical (unpaired) electrons. The number of nitrogens with one attached hydrogen (secondary N) is 1. The van der Waals surface area contributed by atoms with Gasteiger partial charge in [-0.2, -0.15) is 0 Å². The lowest BCUT2D eigenvalue weighted by Gasteiger charge is -2.07. The molecule has 1 saturated heterocycles. The molecule has 0 aromatic carbocycles. The van der Waals surface area contributed by atoms with Gasteiger partial charge in [0, 0.05) is 18.4 Å². The molecule has 1 aromatic heterocycles. The summed E-state index contributed by atoms with van der Waals surface area (Å²) in [7, 11) is 1.34. The number of methoxy groups -OCH3 is 1. The zero-order valence-corrected chi connectivity index (χ0v) is 12.2. The van der Waals surface area contributed by atoms with Gasteiger partial charge in [0.25, 0.3) is 0 Å². The molecular weight excluding hydrogens is 280 g/mol. The molecule has 0 spiro atoms. The predicted molar refractivity (Wildman–Crippen MR) is 74.7 cm³/mol. The second-order valence-corrected chi connectivity index (χ2v) is 5.48. The SMILES string of the molecule is COC(=O)Cc1csc(NC(=O)CCC2CCCO2)n1. The van der Waals surface area contributed by atoms with Gasteiger partial charge in [0.15, 0.2) is 5.13 Å². The first-order chi connectivity index (χ1) is 9.67. The number of carbonyl (C=O) groups excluding carboxylic acids is 2. The minimum absolute atomic E-state index is 0.0699. The number of nitrogens with zero attached hydrogens (tertiary/aromatic N) is 1. The molecule has 2 heterocycles. The highest BCUT2D eigenvalue weighted by Crippen LogP contribution is 2.19. The summed E-state index contributed by atoms with van der Waals surface area (Å²) in [5, 5.41) is 5.00. The molecule has 0 saturated carbocycles. The zero-order valence-electron chi connectivity index (χ0n) is 11.4. The van der Waals surface area contributed by atoms with Gasteiger partial charge in [0.05, 0.1) is 25.3 Å². The van der Waals surface area contributed by atoms with Gasteiger partial charge in [0.2, 0.25) is 5.91 Å². The van der Waals surface area contributed by atoms with Crippen LogP contribution in [0.15, 0.2) is 5.38 Å². The third-order valence-electron chi connectivity index (χ3n) is 3.07. The van der Waals surface area contributed by atoms with Crippen LogP contribution in [-0.4, -0.2) is 36.7 Å². The fourth-order valence-corrected chi connectivity index (χ4v) is 2.74. The second-order valence-electron chi connectivity index (χ2n) is 4.62. The van der Waals surface area contributed by atoms with Crippen molar-refractivity contribution in [1.82, 2.24) is 4.98 Å². The van der Waals surface area contributed by atoms with E-state index in [1.165, 1.54) is 18.4 Å². The predicted octanol–water partition coefficient (Wildman–Crippen LogP) is 1.76. The average molecular weight is 298 g/mol. The van der Waals surface area contributed by atoms with Crippen LogP contribution in [0.2, 0.25) is 0 Å². The molecule has 1 aromatic rings. The lowest BCUT2D eigenvalue weighted by Crippen LogP contribution is -2.15. The Bertz CT molecular complexity index is 469. The average Bonchev–Trinajstić information content (AvgIpc) is 3.08. The number of amides is 1. The van der Waals surface area contributed by atoms with E-state index in [0.717, 1.165) is 25.9 Å². The van der Waals surface area contributed by atoms with Gasteiger partial charge in [0.1, 0.15) is 0 Å². The van der Waals surface area contributed by atoms with Crippen molar-refractivity contribution in [2.75, 3.05) is 19.0 Å². The molecule has 0 bridgehead atoms. The second kappa shape index (κ2) is 7.35. The summed E-state index contributed by atoms with van der Waals surface area (Å²) in [6.45, 7) is 0.801. The Morgan fingerprint density at radius 3 is 3.15 bits per heavy atom. The van der Waals surface area contributed by atoms with Crippen LogP contribution in [0.1, 0.15) is 31.4 Å². The van der Waals surface area contributed by atoms with Crippen LogP contribution < -0.4 is 5.32 Å². The molecule has 2 rings (SSSR count). The smallest absolute Gasteiger partial charge is 0.311 e. The van der Waals surface area contributed by atoms with Gasteiger partial charge in [-0.3, -0.25) is 9.59 Å². The number of hydrogen-bond acceptors (Lipinski definition) is 6. The van der Waals surface area contributed by atoms with Crippen molar-refractivity contribution in [3.05, 3.63) is 11.1 Å². The Hall–Kier alpha value is -1.47. The van der Waals surface area contributed by atoms with E-state index in [2.05, 4.69) is 15.0 Å². The number of ether oxygens (including phenoxy) is 2.